The third-order valence-electron chi connectivity index (χ3n) is 2.27. The van der Waals surface area contributed by atoms with E-state index in [-0.39, 0.29) is 5.92 Å². The lowest BCUT2D eigenvalue weighted by Gasteiger charge is -2.06. The highest BCUT2D eigenvalue weighted by Crippen LogP contribution is 2.47. The lowest BCUT2D eigenvalue weighted by atomic mass is 10.2. The van der Waals surface area contributed by atoms with Gasteiger partial charge in [-0.1, -0.05) is 12.2 Å². The Balaban J connectivity index is 2.87. The molecule has 0 bridgehead atoms. The van der Waals surface area contributed by atoms with Gasteiger partial charge >= 0.3 is 0 Å². The summed E-state index contributed by atoms with van der Waals surface area (Å²) in [7, 11) is 0. The Labute approximate surface area is 60.6 Å². The van der Waals surface area contributed by atoms with Crippen molar-refractivity contribution in [1.82, 2.24) is 0 Å². The van der Waals surface area contributed by atoms with Crippen LogP contribution in [-0.4, -0.2) is 11.2 Å². The molecule has 0 aromatic rings. The van der Waals surface area contributed by atoms with Gasteiger partial charge < -0.3 is 17.2 Å². The first-order valence-corrected chi connectivity index (χ1v) is 3.13. The van der Waals surface area contributed by atoms with E-state index in [9.17, 15) is 0 Å². The fourth-order valence-electron chi connectivity index (χ4n) is 1.29. The van der Waals surface area contributed by atoms with Crippen molar-refractivity contribution in [2.24, 2.45) is 23.1 Å². The van der Waals surface area contributed by atoms with E-state index in [0.717, 1.165) is 0 Å². The molecule has 1 fully saturated rings. The minimum Gasteiger partial charge on any atom is -0.319 e. The van der Waals surface area contributed by atoms with Gasteiger partial charge in [-0.05, 0) is 0 Å². The van der Waals surface area contributed by atoms with Crippen molar-refractivity contribution in [3.63, 3.8) is 0 Å². The summed E-state index contributed by atoms with van der Waals surface area (Å²) in [6, 6.07) is 0. The zero-order valence-corrected chi connectivity index (χ0v) is 5.88. The predicted octanol–water partition coefficient (Wildman–Crippen LogP) is -0.701. The molecule has 1 aliphatic carbocycles. The van der Waals surface area contributed by atoms with Crippen LogP contribution in [0.3, 0.4) is 0 Å². The fraction of sp³-hybridized carbons (Fsp3) is 0.429. The number of hydrogen-bond acceptors (Lipinski definition) is 3. The van der Waals surface area contributed by atoms with Crippen LogP contribution >= 0.6 is 0 Å². The molecule has 1 aliphatic rings. The van der Waals surface area contributed by atoms with Crippen molar-refractivity contribution in [2.75, 3.05) is 0 Å². The summed E-state index contributed by atoms with van der Waals surface area (Å²) in [4.78, 5) is 0. The summed E-state index contributed by atoms with van der Waals surface area (Å²) in [5.41, 5.74) is 15.5. The second kappa shape index (κ2) is 1.69. The quantitative estimate of drug-likeness (QED) is 0.349. The van der Waals surface area contributed by atoms with Gasteiger partial charge in [0, 0.05) is 5.92 Å². The smallest absolute Gasteiger partial charge is 0.0952 e. The third-order valence-corrected chi connectivity index (χ3v) is 2.27. The van der Waals surface area contributed by atoms with E-state index in [1.807, 2.05) is 0 Å². The van der Waals surface area contributed by atoms with Crippen molar-refractivity contribution in [2.45, 2.75) is 11.2 Å². The Morgan fingerprint density at radius 3 is 1.80 bits per heavy atom. The lowest BCUT2D eigenvalue weighted by molar-refractivity contribution is 0.616. The Kier molecular flexibility index (Phi) is 1.26. The van der Waals surface area contributed by atoms with Crippen molar-refractivity contribution in [1.29, 1.82) is 0 Å². The second-order valence-corrected chi connectivity index (χ2v) is 2.78. The molecule has 0 aromatic heterocycles. The highest BCUT2D eigenvalue weighted by Gasteiger charge is 2.68. The molecule has 3 heteroatoms. The average Bonchev–Trinajstić information content (AvgIpc) is 2.29. The van der Waals surface area contributed by atoms with E-state index < -0.39 is 11.2 Å². The zero-order valence-electron chi connectivity index (χ0n) is 5.88. The van der Waals surface area contributed by atoms with Crippen LogP contribution in [0.5, 0.6) is 0 Å². The van der Waals surface area contributed by atoms with Gasteiger partial charge in [0.25, 0.3) is 0 Å². The van der Waals surface area contributed by atoms with Crippen LogP contribution in [0.1, 0.15) is 0 Å². The maximum absolute atomic E-state index is 5.74. The van der Waals surface area contributed by atoms with Crippen LogP contribution < -0.4 is 17.2 Å². The Morgan fingerprint density at radius 1 is 1.20 bits per heavy atom. The largest absolute Gasteiger partial charge is 0.319 e. The summed E-state index contributed by atoms with van der Waals surface area (Å²) in [5, 5.41) is 0. The van der Waals surface area contributed by atoms with Crippen LogP contribution in [0.15, 0.2) is 25.3 Å². The number of hydrogen-bond donors (Lipinski definition) is 3. The van der Waals surface area contributed by atoms with E-state index in [1.165, 1.54) is 0 Å². The molecule has 6 N–H and O–H groups in total. The van der Waals surface area contributed by atoms with Crippen molar-refractivity contribution < 1.29 is 0 Å². The highest BCUT2D eigenvalue weighted by atomic mass is 15.2. The van der Waals surface area contributed by atoms with Gasteiger partial charge in [0.1, 0.15) is 0 Å². The molecule has 56 valence electrons. The fourth-order valence-corrected chi connectivity index (χ4v) is 1.29. The van der Waals surface area contributed by atoms with Gasteiger partial charge in [0.05, 0.1) is 11.2 Å². The second-order valence-electron chi connectivity index (χ2n) is 2.78. The van der Waals surface area contributed by atoms with Gasteiger partial charge in [-0.25, -0.2) is 0 Å². The van der Waals surface area contributed by atoms with Crippen LogP contribution in [0.25, 0.3) is 0 Å². The summed E-state index contributed by atoms with van der Waals surface area (Å²) in [6.07, 6.45) is 3.25. The molecule has 10 heavy (non-hydrogen) atoms. The number of rotatable bonds is 2. The molecule has 0 saturated heterocycles. The standard InChI is InChI=1S/C7H13N3/c1-3-5-6(8,4-2)7(5,9)10/h3-5H,1-2,8-10H2. The molecule has 3 nitrogen and oxygen atoms in total. The predicted molar refractivity (Wildman–Crippen MR) is 41.9 cm³/mol. The van der Waals surface area contributed by atoms with E-state index in [2.05, 4.69) is 13.2 Å². The Hall–Kier alpha value is -0.640. The molecule has 0 radical (unpaired) electrons. The molecule has 0 spiro atoms. The first-order chi connectivity index (χ1) is 4.50. The summed E-state index contributed by atoms with van der Waals surface area (Å²) >= 11 is 0. The minimum absolute atomic E-state index is 0.0440. The van der Waals surface area contributed by atoms with Crippen molar-refractivity contribution >= 4 is 0 Å². The Bertz CT molecular complexity index is 185. The van der Waals surface area contributed by atoms with Crippen LogP contribution in [0.4, 0.5) is 0 Å². The first-order valence-electron chi connectivity index (χ1n) is 3.13. The molecule has 2 unspecified atom stereocenters. The molecule has 2 atom stereocenters. The topological polar surface area (TPSA) is 78.1 Å². The SMILES string of the molecule is C=CC1C(N)(N)C1(N)C=C. The normalized spacial score (nSPS) is 42.5. The maximum atomic E-state index is 5.74. The average molecular weight is 139 g/mol. The monoisotopic (exact) mass is 139 g/mol. The van der Waals surface area contributed by atoms with Gasteiger partial charge in [0.15, 0.2) is 0 Å². The van der Waals surface area contributed by atoms with Crippen LogP contribution in [0.2, 0.25) is 0 Å². The van der Waals surface area contributed by atoms with Crippen LogP contribution in [-0.2, 0) is 0 Å². The molecule has 0 heterocycles. The third kappa shape index (κ3) is 0.546. The van der Waals surface area contributed by atoms with E-state index >= 15 is 0 Å². The van der Waals surface area contributed by atoms with E-state index in [1.54, 1.807) is 12.2 Å². The lowest BCUT2D eigenvalue weighted by Crippen LogP contribution is -2.47. The summed E-state index contributed by atoms with van der Waals surface area (Å²) in [5.74, 6) is -0.0440. The minimum atomic E-state index is -0.837. The van der Waals surface area contributed by atoms with Crippen molar-refractivity contribution in [3.8, 4) is 0 Å². The summed E-state index contributed by atoms with van der Waals surface area (Å²) < 4.78 is 0. The van der Waals surface area contributed by atoms with E-state index in [4.69, 9.17) is 17.2 Å². The van der Waals surface area contributed by atoms with Crippen LogP contribution in [0, 0.1) is 5.92 Å². The van der Waals surface area contributed by atoms with Gasteiger partial charge in [0.2, 0.25) is 0 Å². The molecular formula is C7H13N3. The molecular weight excluding hydrogens is 126 g/mol. The van der Waals surface area contributed by atoms with Gasteiger partial charge in [-0.2, -0.15) is 0 Å². The van der Waals surface area contributed by atoms with Gasteiger partial charge in [-0.3, -0.25) is 0 Å². The molecule has 0 aromatic carbocycles. The zero-order chi connectivity index (χ0) is 7.99. The molecule has 1 rings (SSSR count). The molecule has 0 aliphatic heterocycles. The Morgan fingerprint density at radius 2 is 1.70 bits per heavy atom. The highest BCUT2D eigenvalue weighted by molar-refractivity contribution is 5.39. The number of nitrogens with two attached hydrogens (primary N) is 3. The van der Waals surface area contributed by atoms with Gasteiger partial charge in [-0.15, -0.1) is 13.2 Å². The van der Waals surface area contributed by atoms with Crippen molar-refractivity contribution in [3.05, 3.63) is 25.3 Å². The first kappa shape index (κ1) is 7.47. The summed E-state index contributed by atoms with van der Waals surface area (Å²) in [6.45, 7) is 7.13. The maximum Gasteiger partial charge on any atom is 0.0952 e. The van der Waals surface area contributed by atoms with E-state index in [0.29, 0.717) is 0 Å². The molecule has 1 saturated carbocycles. The molecule has 0 amide bonds.